The molecule has 1 saturated heterocycles. The van der Waals surface area contributed by atoms with Crippen molar-refractivity contribution in [2.45, 2.75) is 25.8 Å². The molecule has 1 fully saturated rings. The maximum atomic E-state index is 5.90. The summed E-state index contributed by atoms with van der Waals surface area (Å²) < 4.78 is 0. The van der Waals surface area contributed by atoms with Crippen LogP contribution in [0.2, 0.25) is 0 Å². The Morgan fingerprint density at radius 2 is 2.29 bits per heavy atom. The summed E-state index contributed by atoms with van der Waals surface area (Å²) in [7, 11) is 0. The van der Waals surface area contributed by atoms with Crippen LogP contribution in [0.15, 0.2) is 12.1 Å². The quantitative estimate of drug-likeness (QED) is 0.712. The Bertz CT molecular complexity index is 295. The van der Waals surface area contributed by atoms with Crippen molar-refractivity contribution in [2.24, 2.45) is 5.73 Å². The van der Waals surface area contributed by atoms with Gasteiger partial charge in [0.05, 0.1) is 5.69 Å². The summed E-state index contributed by atoms with van der Waals surface area (Å²) in [4.78, 5) is 2.21. The Balaban J connectivity index is 2.10. The van der Waals surface area contributed by atoms with E-state index in [2.05, 4.69) is 15.1 Å². The minimum absolute atomic E-state index is 0.284. The van der Waals surface area contributed by atoms with E-state index in [1.54, 1.807) is 0 Å². The third-order valence-electron chi connectivity index (χ3n) is 2.57. The Labute approximate surface area is 84.1 Å². The van der Waals surface area contributed by atoms with E-state index in [-0.39, 0.29) is 6.04 Å². The van der Waals surface area contributed by atoms with Crippen LogP contribution in [0.25, 0.3) is 0 Å². The van der Waals surface area contributed by atoms with Gasteiger partial charge in [0.25, 0.3) is 0 Å². The first-order chi connectivity index (χ1) is 6.75. The second-order valence-electron chi connectivity index (χ2n) is 3.88. The molecule has 14 heavy (non-hydrogen) atoms. The number of piperidine rings is 1. The lowest BCUT2D eigenvalue weighted by molar-refractivity contribution is 0.502. The van der Waals surface area contributed by atoms with E-state index in [0.29, 0.717) is 0 Å². The molecular formula is C10H16N4. The third-order valence-corrected chi connectivity index (χ3v) is 2.57. The molecule has 0 radical (unpaired) electrons. The topological polar surface area (TPSA) is 55.0 Å². The average Bonchev–Trinajstić information content (AvgIpc) is 2.19. The van der Waals surface area contributed by atoms with Gasteiger partial charge in [-0.1, -0.05) is 0 Å². The highest BCUT2D eigenvalue weighted by Gasteiger charge is 2.17. The third kappa shape index (κ3) is 2.01. The minimum Gasteiger partial charge on any atom is -0.354 e. The molecule has 1 atom stereocenters. The van der Waals surface area contributed by atoms with Crippen LogP contribution in [0.3, 0.4) is 0 Å². The van der Waals surface area contributed by atoms with Crippen LogP contribution in [0.5, 0.6) is 0 Å². The van der Waals surface area contributed by atoms with Crippen molar-refractivity contribution in [2.75, 3.05) is 18.0 Å². The van der Waals surface area contributed by atoms with Crippen LogP contribution >= 0.6 is 0 Å². The largest absolute Gasteiger partial charge is 0.354 e. The molecule has 1 aliphatic rings. The number of nitrogens with zero attached hydrogens (tertiary/aromatic N) is 3. The first-order valence-electron chi connectivity index (χ1n) is 5.06. The highest BCUT2D eigenvalue weighted by Crippen LogP contribution is 2.15. The van der Waals surface area contributed by atoms with Crippen LogP contribution in [-0.2, 0) is 0 Å². The summed E-state index contributed by atoms with van der Waals surface area (Å²) in [5.41, 5.74) is 6.86. The van der Waals surface area contributed by atoms with E-state index in [9.17, 15) is 0 Å². The molecule has 0 unspecified atom stereocenters. The maximum absolute atomic E-state index is 5.90. The number of hydrogen-bond acceptors (Lipinski definition) is 4. The van der Waals surface area contributed by atoms with E-state index < -0.39 is 0 Å². The minimum atomic E-state index is 0.284. The Morgan fingerprint density at radius 3 is 2.93 bits per heavy atom. The molecule has 2 rings (SSSR count). The van der Waals surface area contributed by atoms with Crippen LogP contribution in [0.4, 0.5) is 5.82 Å². The molecule has 76 valence electrons. The highest BCUT2D eigenvalue weighted by molar-refractivity contribution is 5.37. The smallest absolute Gasteiger partial charge is 0.151 e. The molecule has 0 saturated carbocycles. The Hall–Kier alpha value is -1.16. The molecule has 2 heterocycles. The zero-order valence-corrected chi connectivity index (χ0v) is 8.48. The van der Waals surface area contributed by atoms with Crippen molar-refractivity contribution in [3.8, 4) is 0 Å². The van der Waals surface area contributed by atoms with E-state index in [1.807, 2.05) is 19.1 Å². The van der Waals surface area contributed by atoms with Gasteiger partial charge in [0.2, 0.25) is 0 Å². The van der Waals surface area contributed by atoms with Crippen molar-refractivity contribution >= 4 is 5.82 Å². The Morgan fingerprint density at radius 1 is 1.43 bits per heavy atom. The van der Waals surface area contributed by atoms with Gasteiger partial charge < -0.3 is 10.6 Å². The molecule has 0 aliphatic carbocycles. The zero-order valence-electron chi connectivity index (χ0n) is 8.48. The van der Waals surface area contributed by atoms with Crippen molar-refractivity contribution in [1.29, 1.82) is 0 Å². The summed E-state index contributed by atoms with van der Waals surface area (Å²) in [6.45, 7) is 3.89. The summed E-state index contributed by atoms with van der Waals surface area (Å²) >= 11 is 0. The van der Waals surface area contributed by atoms with Crippen molar-refractivity contribution in [1.82, 2.24) is 10.2 Å². The fraction of sp³-hybridized carbons (Fsp3) is 0.600. The van der Waals surface area contributed by atoms with E-state index in [4.69, 9.17) is 5.73 Å². The molecule has 0 amide bonds. The second-order valence-corrected chi connectivity index (χ2v) is 3.88. The summed E-state index contributed by atoms with van der Waals surface area (Å²) in [5.74, 6) is 0.950. The van der Waals surface area contributed by atoms with Crippen molar-refractivity contribution in [3.05, 3.63) is 17.8 Å². The number of aromatic nitrogens is 2. The molecule has 2 N–H and O–H groups in total. The summed E-state index contributed by atoms with van der Waals surface area (Å²) in [6.07, 6.45) is 2.27. The molecule has 4 heteroatoms. The molecule has 0 aromatic carbocycles. The van der Waals surface area contributed by atoms with Gasteiger partial charge in [-0.05, 0) is 31.9 Å². The van der Waals surface area contributed by atoms with E-state index in [0.717, 1.165) is 37.4 Å². The number of aryl methyl sites for hydroxylation is 1. The molecule has 1 aliphatic heterocycles. The molecule has 4 nitrogen and oxygen atoms in total. The van der Waals surface area contributed by atoms with Crippen LogP contribution in [0.1, 0.15) is 18.5 Å². The van der Waals surface area contributed by atoms with Crippen LogP contribution < -0.4 is 10.6 Å². The first-order valence-corrected chi connectivity index (χ1v) is 5.06. The molecule has 0 bridgehead atoms. The van der Waals surface area contributed by atoms with E-state index in [1.165, 1.54) is 0 Å². The lowest BCUT2D eigenvalue weighted by Crippen LogP contribution is -2.43. The predicted molar refractivity (Wildman–Crippen MR) is 56.2 cm³/mol. The van der Waals surface area contributed by atoms with Gasteiger partial charge in [-0.3, -0.25) is 0 Å². The van der Waals surface area contributed by atoms with Gasteiger partial charge in [-0.25, -0.2) is 0 Å². The SMILES string of the molecule is Cc1ccc(N2CCC[C@H](N)C2)nn1. The van der Waals surface area contributed by atoms with Gasteiger partial charge in [0.15, 0.2) is 5.82 Å². The fourth-order valence-electron chi connectivity index (χ4n) is 1.78. The van der Waals surface area contributed by atoms with E-state index >= 15 is 0 Å². The highest BCUT2D eigenvalue weighted by atomic mass is 15.3. The Kier molecular flexibility index (Phi) is 2.63. The lowest BCUT2D eigenvalue weighted by Gasteiger charge is -2.31. The van der Waals surface area contributed by atoms with Gasteiger partial charge in [-0.15, -0.1) is 5.10 Å². The predicted octanol–water partition coefficient (Wildman–Crippen LogP) is 0.713. The van der Waals surface area contributed by atoms with Gasteiger partial charge in [0, 0.05) is 19.1 Å². The molecular weight excluding hydrogens is 176 g/mol. The van der Waals surface area contributed by atoms with Gasteiger partial charge in [-0.2, -0.15) is 5.10 Å². The number of hydrogen-bond donors (Lipinski definition) is 1. The standard InChI is InChI=1S/C10H16N4/c1-8-4-5-10(13-12-8)14-6-2-3-9(11)7-14/h4-5,9H,2-3,6-7,11H2,1H3/t9-/m0/s1. The fourth-order valence-corrected chi connectivity index (χ4v) is 1.78. The number of rotatable bonds is 1. The summed E-state index contributed by atoms with van der Waals surface area (Å²) in [5, 5.41) is 8.20. The van der Waals surface area contributed by atoms with Crippen LogP contribution in [0, 0.1) is 6.92 Å². The average molecular weight is 192 g/mol. The summed E-state index contributed by atoms with van der Waals surface area (Å²) in [6, 6.07) is 4.29. The first kappa shape index (κ1) is 9.40. The van der Waals surface area contributed by atoms with Crippen molar-refractivity contribution < 1.29 is 0 Å². The normalized spacial score (nSPS) is 22.4. The van der Waals surface area contributed by atoms with Crippen molar-refractivity contribution in [3.63, 3.8) is 0 Å². The van der Waals surface area contributed by atoms with Crippen LogP contribution in [-0.4, -0.2) is 29.3 Å². The van der Waals surface area contributed by atoms with Gasteiger partial charge >= 0.3 is 0 Å². The number of nitrogens with two attached hydrogens (primary N) is 1. The monoisotopic (exact) mass is 192 g/mol. The maximum Gasteiger partial charge on any atom is 0.151 e. The molecule has 1 aromatic heterocycles. The number of anilines is 1. The second kappa shape index (κ2) is 3.92. The molecule has 0 spiro atoms. The van der Waals surface area contributed by atoms with Gasteiger partial charge in [0.1, 0.15) is 0 Å². The zero-order chi connectivity index (χ0) is 9.97. The molecule has 1 aromatic rings. The lowest BCUT2D eigenvalue weighted by atomic mass is 10.1.